The summed E-state index contributed by atoms with van der Waals surface area (Å²) in [4.78, 5) is 4.34. The third-order valence-corrected chi connectivity index (χ3v) is 2.68. The van der Waals surface area contributed by atoms with Crippen molar-refractivity contribution in [1.82, 2.24) is 10.1 Å². The van der Waals surface area contributed by atoms with Crippen LogP contribution >= 0.6 is 0 Å². The molecular weight excluding hydrogens is 226 g/mol. The summed E-state index contributed by atoms with van der Waals surface area (Å²) < 4.78 is 5.18. The lowest BCUT2D eigenvalue weighted by atomic mass is 10.1. The van der Waals surface area contributed by atoms with E-state index in [1.54, 1.807) is 0 Å². The van der Waals surface area contributed by atoms with Crippen LogP contribution in [0.1, 0.15) is 30.6 Å². The van der Waals surface area contributed by atoms with E-state index in [1.807, 2.05) is 37.3 Å². The predicted octanol–water partition coefficient (Wildman–Crippen LogP) is 2.75. The summed E-state index contributed by atoms with van der Waals surface area (Å²) in [6, 6.07) is 12.2. The van der Waals surface area contributed by atoms with E-state index >= 15 is 0 Å². The number of nitrogens with zero attached hydrogens (tertiary/aromatic N) is 3. The first-order valence-electron chi connectivity index (χ1n) is 6.00. The Hall–Kier alpha value is -2.15. The van der Waals surface area contributed by atoms with Crippen molar-refractivity contribution in [2.24, 2.45) is 5.92 Å². The molecule has 1 aromatic carbocycles. The fourth-order valence-corrected chi connectivity index (χ4v) is 1.75. The fourth-order valence-electron chi connectivity index (χ4n) is 1.75. The van der Waals surface area contributed by atoms with E-state index in [4.69, 9.17) is 9.78 Å². The highest BCUT2D eigenvalue weighted by atomic mass is 16.5. The molecule has 0 bridgehead atoms. The first-order chi connectivity index (χ1) is 8.78. The Balaban J connectivity index is 1.96. The average Bonchev–Trinajstić information content (AvgIpc) is 2.78. The molecule has 0 aliphatic rings. The summed E-state index contributed by atoms with van der Waals surface area (Å²) >= 11 is 0. The second-order valence-corrected chi connectivity index (χ2v) is 4.44. The van der Waals surface area contributed by atoms with Gasteiger partial charge < -0.3 is 4.52 Å². The van der Waals surface area contributed by atoms with E-state index in [1.165, 1.54) is 0 Å². The molecule has 18 heavy (non-hydrogen) atoms. The van der Waals surface area contributed by atoms with Crippen molar-refractivity contribution in [2.75, 3.05) is 0 Å². The summed E-state index contributed by atoms with van der Waals surface area (Å²) in [6.45, 7) is 2.00. The SMILES string of the molecule is CC(CC#N)Cc1nc(Cc2ccccc2)no1. The molecular formula is C14H15N3O. The number of benzene rings is 1. The molecule has 1 atom stereocenters. The van der Waals surface area contributed by atoms with E-state index < -0.39 is 0 Å². The molecule has 0 aliphatic carbocycles. The maximum Gasteiger partial charge on any atom is 0.226 e. The van der Waals surface area contributed by atoms with Gasteiger partial charge in [0, 0.05) is 19.3 Å². The van der Waals surface area contributed by atoms with Crippen LogP contribution in [0, 0.1) is 17.2 Å². The Morgan fingerprint density at radius 1 is 1.33 bits per heavy atom. The first kappa shape index (κ1) is 12.3. The third-order valence-electron chi connectivity index (χ3n) is 2.68. The Bertz CT molecular complexity index is 527. The van der Waals surface area contributed by atoms with E-state index in [-0.39, 0.29) is 5.92 Å². The number of hydrogen-bond donors (Lipinski definition) is 0. The molecule has 0 saturated carbocycles. The minimum Gasteiger partial charge on any atom is -0.339 e. The van der Waals surface area contributed by atoms with Crippen molar-refractivity contribution >= 4 is 0 Å². The van der Waals surface area contributed by atoms with Gasteiger partial charge in [-0.05, 0) is 11.5 Å². The van der Waals surface area contributed by atoms with Gasteiger partial charge in [-0.2, -0.15) is 10.2 Å². The highest BCUT2D eigenvalue weighted by molar-refractivity contribution is 5.18. The molecule has 4 nitrogen and oxygen atoms in total. The van der Waals surface area contributed by atoms with Gasteiger partial charge in [-0.1, -0.05) is 42.4 Å². The summed E-state index contributed by atoms with van der Waals surface area (Å²) in [6.07, 6.45) is 1.85. The molecule has 2 aromatic rings. The normalized spacial score (nSPS) is 12.0. The van der Waals surface area contributed by atoms with Gasteiger partial charge in [0.1, 0.15) is 0 Å². The number of rotatable bonds is 5. The van der Waals surface area contributed by atoms with Gasteiger partial charge in [-0.3, -0.25) is 0 Å². The van der Waals surface area contributed by atoms with Gasteiger partial charge in [0.2, 0.25) is 5.89 Å². The van der Waals surface area contributed by atoms with E-state index in [0.717, 1.165) is 5.56 Å². The van der Waals surface area contributed by atoms with Crippen LogP contribution in [0.5, 0.6) is 0 Å². The zero-order chi connectivity index (χ0) is 12.8. The third kappa shape index (κ3) is 3.42. The van der Waals surface area contributed by atoms with Crippen LogP contribution in [-0.4, -0.2) is 10.1 Å². The number of aromatic nitrogens is 2. The van der Waals surface area contributed by atoms with Crippen LogP contribution in [0.4, 0.5) is 0 Å². The van der Waals surface area contributed by atoms with Crippen LogP contribution in [0.3, 0.4) is 0 Å². The first-order valence-corrected chi connectivity index (χ1v) is 6.00. The van der Waals surface area contributed by atoms with Gasteiger partial charge in [0.15, 0.2) is 5.82 Å². The molecule has 1 heterocycles. The summed E-state index contributed by atoms with van der Waals surface area (Å²) in [7, 11) is 0. The molecule has 1 unspecified atom stereocenters. The lowest BCUT2D eigenvalue weighted by Crippen LogP contribution is -1.99. The number of hydrogen-bond acceptors (Lipinski definition) is 4. The van der Waals surface area contributed by atoms with Crippen molar-refractivity contribution in [1.29, 1.82) is 5.26 Å². The molecule has 0 spiro atoms. The Morgan fingerprint density at radius 3 is 2.83 bits per heavy atom. The number of nitriles is 1. The molecule has 92 valence electrons. The highest BCUT2D eigenvalue weighted by Gasteiger charge is 2.10. The van der Waals surface area contributed by atoms with Crippen LogP contribution < -0.4 is 0 Å². The highest BCUT2D eigenvalue weighted by Crippen LogP contribution is 2.11. The smallest absolute Gasteiger partial charge is 0.226 e. The van der Waals surface area contributed by atoms with Gasteiger partial charge in [0.25, 0.3) is 0 Å². The maximum atomic E-state index is 8.60. The molecule has 2 rings (SSSR count). The topological polar surface area (TPSA) is 62.7 Å². The van der Waals surface area contributed by atoms with Gasteiger partial charge in [-0.15, -0.1) is 0 Å². The van der Waals surface area contributed by atoms with Crippen LogP contribution in [0.25, 0.3) is 0 Å². The fraction of sp³-hybridized carbons (Fsp3) is 0.357. The van der Waals surface area contributed by atoms with Gasteiger partial charge in [-0.25, -0.2) is 0 Å². The summed E-state index contributed by atoms with van der Waals surface area (Å²) in [5.41, 5.74) is 1.16. The van der Waals surface area contributed by atoms with Crippen molar-refractivity contribution in [3.05, 3.63) is 47.6 Å². The minimum absolute atomic E-state index is 0.250. The Labute approximate surface area is 106 Å². The lowest BCUT2D eigenvalue weighted by Gasteiger charge is -2.00. The van der Waals surface area contributed by atoms with E-state index in [0.29, 0.717) is 31.0 Å². The zero-order valence-electron chi connectivity index (χ0n) is 10.3. The molecule has 0 radical (unpaired) electrons. The quantitative estimate of drug-likeness (QED) is 0.807. The van der Waals surface area contributed by atoms with Crippen LogP contribution in [-0.2, 0) is 12.8 Å². The van der Waals surface area contributed by atoms with Crippen molar-refractivity contribution in [2.45, 2.75) is 26.2 Å². The molecule has 0 amide bonds. The van der Waals surface area contributed by atoms with E-state index in [2.05, 4.69) is 16.2 Å². The molecule has 0 N–H and O–H groups in total. The average molecular weight is 241 g/mol. The van der Waals surface area contributed by atoms with Crippen molar-refractivity contribution in [3.63, 3.8) is 0 Å². The van der Waals surface area contributed by atoms with Crippen molar-refractivity contribution in [3.8, 4) is 6.07 Å². The second kappa shape index (κ2) is 5.97. The summed E-state index contributed by atoms with van der Waals surface area (Å²) in [5, 5.41) is 12.6. The molecule has 0 fully saturated rings. The Morgan fingerprint density at radius 2 is 2.11 bits per heavy atom. The molecule has 1 aromatic heterocycles. The molecule has 0 aliphatic heterocycles. The van der Waals surface area contributed by atoms with Crippen LogP contribution in [0.15, 0.2) is 34.9 Å². The largest absolute Gasteiger partial charge is 0.339 e. The van der Waals surface area contributed by atoms with Crippen LogP contribution in [0.2, 0.25) is 0 Å². The lowest BCUT2D eigenvalue weighted by molar-refractivity contribution is 0.355. The molecule has 0 saturated heterocycles. The predicted molar refractivity (Wildman–Crippen MR) is 66.6 cm³/mol. The van der Waals surface area contributed by atoms with Gasteiger partial charge in [0.05, 0.1) is 6.07 Å². The maximum absolute atomic E-state index is 8.60. The monoisotopic (exact) mass is 241 g/mol. The Kier molecular flexibility index (Phi) is 4.08. The zero-order valence-corrected chi connectivity index (χ0v) is 10.3. The standard InChI is InChI=1S/C14H15N3O/c1-11(7-8-15)9-14-16-13(17-18-14)10-12-5-3-2-4-6-12/h2-6,11H,7,9-10H2,1H3. The molecule has 4 heteroatoms. The summed E-state index contributed by atoms with van der Waals surface area (Å²) in [5.74, 6) is 1.56. The minimum atomic E-state index is 0.250. The second-order valence-electron chi connectivity index (χ2n) is 4.44. The van der Waals surface area contributed by atoms with E-state index in [9.17, 15) is 0 Å². The van der Waals surface area contributed by atoms with Gasteiger partial charge >= 0.3 is 0 Å². The van der Waals surface area contributed by atoms with Crippen molar-refractivity contribution < 1.29 is 4.52 Å².